The number of primary amides is 1. The summed E-state index contributed by atoms with van der Waals surface area (Å²) in [7, 11) is 0. The van der Waals surface area contributed by atoms with Crippen LogP contribution in [0.3, 0.4) is 0 Å². The van der Waals surface area contributed by atoms with Crippen molar-refractivity contribution in [2.24, 2.45) is 11.7 Å². The van der Waals surface area contributed by atoms with E-state index in [1.165, 1.54) is 16.7 Å². The Labute approximate surface area is 163 Å². The van der Waals surface area contributed by atoms with Crippen molar-refractivity contribution in [3.05, 3.63) is 95.1 Å². The number of rotatable bonds is 10. The zero-order chi connectivity index (χ0) is 20.4. The summed E-state index contributed by atoms with van der Waals surface area (Å²) < 4.78 is 0. The Morgan fingerprint density at radius 3 is 2.56 bits per heavy atom. The summed E-state index contributed by atoms with van der Waals surface area (Å²) in [5, 5.41) is 7.31. The number of allylic oxidation sites excluding steroid dienone is 7. The van der Waals surface area contributed by atoms with Crippen molar-refractivity contribution < 1.29 is 4.79 Å². The summed E-state index contributed by atoms with van der Waals surface area (Å²) in [6.07, 6.45) is 12.2. The average Bonchev–Trinajstić information content (AvgIpc) is 2.63. The Morgan fingerprint density at radius 1 is 1.30 bits per heavy atom. The topological polar surface area (TPSA) is 66.9 Å². The summed E-state index contributed by atoms with van der Waals surface area (Å²) in [6.45, 7) is 13.9. The fourth-order valence-electron chi connectivity index (χ4n) is 2.57. The molecule has 0 saturated heterocycles. The molecule has 0 aliphatic carbocycles. The van der Waals surface area contributed by atoms with Crippen LogP contribution in [0.15, 0.2) is 78.5 Å². The zero-order valence-electron chi connectivity index (χ0n) is 16.6. The van der Waals surface area contributed by atoms with E-state index in [0.717, 1.165) is 35.8 Å². The van der Waals surface area contributed by atoms with Gasteiger partial charge in [-0.15, -0.1) is 0 Å². The highest BCUT2D eigenvalue weighted by molar-refractivity contribution is 5.93. The largest absolute Gasteiger partial charge is 0.369 e. The molecule has 0 spiro atoms. The lowest BCUT2D eigenvalue weighted by atomic mass is 9.96. The molecule has 0 aliphatic heterocycles. The van der Waals surface area contributed by atoms with Gasteiger partial charge in [0.1, 0.15) is 0 Å². The number of carbonyl (C=O) groups is 1. The molecule has 142 valence electrons. The summed E-state index contributed by atoms with van der Waals surface area (Å²) >= 11 is 0. The Hall–Kier alpha value is -2.94. The van der Waals surface area contributed by atoms with Crippen LogP contribution in [0.4, 0.5) is 0 Å². The highest BCUT2D eigenvalue weighted by Gasteiger charge is 2.09. The van der Waals surface area contributed by atoms with Crippen LogP contribution in [-0.2, 0) is 11.2 Å². The SMILES string of the molecule is C=C/C=C\C(=C/C(=C)/C(C)=C/C(C=N)C(N)=O)CCc1ccc(C)c(C)c1. The lowest BCUT2D eigenvalue weighted by Gasteiger charge is -2.09. The van der Waals surface area contributed by atoms with Crippen molar-refractivity contribution in [2.45, 2.75) is 33.6 Å². The van der Waals surface area contributed by atoms with Gasteiger partial charge in [0.15, 0.2) is 0 Å². The molecule has 3 nitrogen and oxygen atoms in total. The molecule has 1 aromatic carbocycles. The van der Waals surface area contributed by atoms with E-state index in [-0.39, 0.29) is 0 Å². The monoisotopic (exact) mass is 362 g/mol. The highest BCUT2D eigenvalue weighted by atomic mass is 16.1. The molecule has 1 amide bonds. The van der Waals surface area contributed by atoms with Crippen molar-refractivity contribution in [1.29, 1.82) is 5.41 Å². The van der Waals surface area contributed by atoms with Crippen LogP contribution in [-0.4, -0.2) is 12.1 Å². The van der Waals surface area contributed by atoms with Crippen LogP contribution in [0.1, 0.15) is 30.0 Å². The molecule has 3 heteroatoms. The third-order valence-corrected chi connectivity index (χ3v) is 4.52. The van der Waals surface area contributed by atoms with Crippen LogP contribution < -0.4 is 5.73 Å². The quantitative estimate of drug-likeness (QED) is 0.438. The molecule has 1 unspecified atom stereocenters. The Bertz CT molecular complexity index is 810. The Balaban J connectivity index is 2.98. The maximum absolute atomic E-state index is 11.3. The number of carbonyl (C=O) groups excluding carboxylic acids is 1. The molecule has 1 rings (SSSR count). The van der Waals surface area contributed by atoms with E-state index >= 15 is 0 Å². The van der Waals surface area contributed by atoms with Crippen molar-refractivity contribution in [2.75, 3.05) is 0 Å². The average molecular weight is 363 g/mol. The predicted octanol–water partition coefficient (Wildman–Crippen LogP) is 5.16. The lowest BCUT2D eigenvalue weighted by molar-refractivity contribution is -0.118. The fraction of sp³-hybridized carbons (Fsp3) is 0.250. The molecule has 0 radical (unpaired) electrons. The smallest absolute Gasteiger partial charge is 0.229 e. The molecule has 27 heavy (non-hydrogen) atoms. The summed E-state index contributed by atoms with van der Waals surface area (Å²) in [4.78, 5) is 11.3. The molecule has 0 aromatic heterocycles. The number of benzene rings is 1. The summed E-state index contributed by atoms with van der Waals surface area (Å²) in [5.41, 5.74) is 11.9. The van der Waals surface area contributed by atoms with E-state index in [4.69, 9.17) is 11.1 Å². The van der Waals surface area contributed by atoms with Gasteiger partial charge < -0.3 is 11.1 Å². The van der Waals surface area contributed by atoms with Crippen LogP contribution in [0.25, 0.3) is 0 Å². The van der Waals surface area contributed by atoms with Gasteiger partial charge in [-0.1, -0.05) is 61.7 Å². The summed E-state index contributed by atoms with van der Waals surface area (Å²) in [5.74, 6) is -1.25. The van der Waals surface area contributed by atoms with Crippen molar-refractivity contribution in [3.63, 3.8) is 0 Å². The standard InChI is InChI=1S/C24H30N2O/c1-6-7-8-21(11-12-22-10-9-17(2)18(3)13-22)14-19(4)20(5)15-23(16-25)24(26)27/h6-10,13-16,23,25H,1,4,11-12H2,2-3,5H3,(H2,26,27)/b8-7-,20-15+,21-14+,25-16?. The van der Waals surface area contributed by atoms with Gasteiger partial charge in [-0.2, -0.15) is 0 Å². The van der Waals surface area contributed by atoms with Gasteiger partial charge >= 0.3 is 0 Å². The number of nitrogens with two attached hydrogens (primary N) is 1. The van der Waals surface area contributed by atoms with E-state index in [1.807, 2.05) is 25.2 Å². The predicted molar refractivity (Wildman–Crippen MR) is 116 cm³/mol. The van der Waals surface area contributed by atoms with E-state index in [1.54, 1.807) is 12.2 Å². The first-order chi connectivity index (χ1) is 12.8. The van der Waals surface area contributed by atoms with Crippen molar-refractivity contribution in [1.82, 2.24) is 0 Å². The third-order valence-electron chi connectivity index (χ3n) is 4.52. The van der Waals surface area contributed by atoms with Crippen LogP contribution in [0.2, 0.25) is 0 Å². The molecule has 3 N–H and O–H groups in total. The maximum atomic E-state index is 11.3. The first-order valence-electron chi connectivity index (χ1n) is 9.02. The molecule has 0 aliphatic rings. The number of aryl methyl sites for hydroxylation is 3. The van der Waals surface area contributed by atoms with Gasteiger partial charge in [-0.3, -0.25) is 4.79 Å². The van der Waals surface area contributed by atoms with Crippen molar-refractivity contribution in [3.8, 4) is 0 Å². The first kappa shape index (κ1) is 22.1. The molecule has 0 fully saturated rings. The van der Waals surface area contributed by atoms with Gasteiger partial charge in [0.2, 0.25) is 5.91 Å². The first-order valence-corrected chi connectivity index (χ1v) is 9.02. The van der Waals surface area contributed by atoms with E-state index < -0.39 is 11.8 Å². The Kier molecular flexibility index (Phi) is 8.94. The van der Waals surface area contributed by atoms with E-state index in [9.17, 15) is 4.79 Å². The van der Waals surface area contributed by atoms with Crippen molar-refractivity contribution >= 4 is 12.1 Å². The van der Waals surface area contributed by atoms with Gasteiger partial charge in [0.25, 0.3) is 0 Å². The number of amides is 1. The maximum Gasteiger partial charge on any atom is 0.229 e. The molecule has 0 heterocycles. The molecule has 0 bridgehead atoms. The van der Waals surface area contributed by atoms with E-state index in [2.05, 4.69) is 45.2 Å². The number of hydrogen-bond acceptors (Lipinski definition) is 2. The normalized spacial score (nSPS) is 13.4. The van der Waals surface area contributed by atoms with Gasteiger partial charge in [-0.25, -0.2) is 0 Å². The Morgan fingerprint density at radius 2 is 2.00 bits per heavy atom. The van der Waals surface area contributed by atoms with Gasteiger partial charge in [0, 0.05) is 6.21 Å². The molecule has 0 saturated carbocycles. The molecule has 1 atom stereocenters. The molecular formula is C24H30N2O. The van der Waals surface area contributed by atoms with Crippen LogP contribution in [0.5, 0.6) is 0 Å². The van der Waals surface area contributed by atoms with Gasteiger partial charge in [0.05, 0.1) is 5.92 Å². The number of nitrogens with one attached hydrogen (secondary N) is 1. The highest BCUT2D eigenvalue weighted by Crippen LogP contribution is 2.19. The second kappa shape index (κ2) is 10.9. The summed E-state index contributed by atoms with van der Waals surface area (Å²) in [6, 6.07) is 6.55. The van der Waals surface area contributed by atoms with E-state index in [0.29, 0.717) is 0 Å². The van der Waals surface area contributed by atoms with Gasteiger partial charge in [-0.05, 0) is 67.0 Å². The molecule has 1 aromatic rings. The number of hydrogen-bond donors (Lipinski definition) is 2. The van der Waals surface area contributed by atoms with Crippen LogP contribution in [0, 0.1) is 25.2 Å². The second-order valence-electron chi connectivity index (χ2n) is 6.70. The zero-order valence-corrected chi connectivity index (χ0v) is 16.6. The fourth-order valence-corrected chi connectivity index (χ4v) is 2.57. The lowest BCUT2D eigenvalue weighted by Crippen LogP contribution is -2.22. The molecular weight excluding hydrogens is 332 g/mol. The third kappa shape index (κ3) is 7.45. The minimum absolute atomic E-state index is 0.539. The minimum Gasteiger partial charge on any atom is -0.369 e. The minimum atomic E-state index is -0.710. The van der Waals surface area contributed by atoms with Crippen LogP contribution >= 0.6 is 0 Å². The second-order valence-corrected chi connectivity index (χ2v) is 6.70.